The first kappa shape index (κ1) is 38.9. The molecule has 11 aromatic rings. The molecule has 0 saturated heterocycles. The Labute approximate surface area is 376 Å². The van der Waals surface area contributed by atoms with E-state index in [4.69, 9.17) is 0 Å². The molecule has 0 fully saturated rings. The minimum atomic E-state index is 0.136. The molecule has 0 aliphatic carbocycles. The summed E-state index contributed by atoms with van der Waals surface area (Å²) in [6.07, 6.45) is 0. The van der Waals surface area contributed by atoms with Gasteiger partial charge in [0.25, 0.3) is 0 Å². The lowest BCUT2D eigenvalue weighted by Gasteiger charge is -2.26. The summed E-state index contributed by atoms with van der Waals surface area (Å²) in [5, 5.41) is 5.05. The first-order valence-corrected chi connectivity index (χ1v) is 22.2. The van der Waals surface area contributed by atoms with Crippen molar-refractivity contribution < 1.29 is 0 Å². The summed E-state index contributed by atoms with van der Waals surface area (Å²) >= 11 is 0. The molecule has 0 aliphatic rings. The molecule has 2 heteroatoms. The van der Waals surface area contributed by atoms with Crippen LogP contribution in [0.15, 0.2) is 237 Å². The highest BCUT2D eigenvalue weighted by Gasteiger charge is 2.17. The van der Waals surface area contributed by atoms with E-state index in [1.165, 1.54) is 82.6 Å². The summed E-state index contributed by atoms with van der Waals surface area (Å²) < 4.78 is 2.38. The van der Waals surface area contributed by atoms with Crippen LogP contribution in [0.1, 0.15) is 26.3 Å². The smallest absolute Gasteiger partial charge is 0.0541 e. The maximum atomic E-state index is 2.38. The summed E-state index contributed by atoms with van der Waals surface area (Å²) in [6.45, 7) is 6.78. The minimum Gasteiger partial charge on any atom is -0.311 e. The van der Waals surface area contributed by atoms with Gasteiger partial charge >= 0.3 is 0 Å². The van der Waals surface area contributed by atoms with Gasteiger partial charge < -0.3 is 9.47 Å². The molecule has 0 saturated carbocycles. The predicted molar refractivity (Wildman–Crippen MR) is 273 cm³/mol. The molecule has 1 aromatic heterocycles. The van der Waals surface area contributed by atoms with Gasteiger partial charge in [0.05, 0.1) is 11.0 Å². The molecule has 0 bridgehead atoms. The van der Waals surface area contributed by atoms with E-state index in [0.717, 1.165) is 22.7 Å². The summed E-state index contributed by atoms with van der Waals surface area (Å²) in [5.74, 6) is 0. The Morgan fingerprint density at radius 2 is 0.672 bits per heavy atom. The first-order chi connectivity index (χ1) is 31.4. The zero-order chi connectivity index (χ0) is 43.2. The summed E-state index contributed by atoms with van der Waals surface area (Å²) in [7, 11) is 0. The van der Waals surface area contributed by atoms with Crippen LogP contribution in [-0.2, 0) is 5.41 Å². The second-order valence-electron chi connectivity index (χ2n) is 17.8. The van der Waals surface area contributed by atoms with E-state index in [2.05, 4.69) is 267 Å². The highest BCUT2D eigenvalue weighted by Crippen LogP contribution is 2.39. The molecule has 10 aromatic carbocycles. The molecule has 306 valence electrons. The molecule has 0 N–H and O–H groups in total. The van der Waals surface area contributed by atoms with Crippen molar-refractivity contribution in [3.05, 3.63) is 242 Å². The quantitative estimate of drug-likeness (QED) is 0.148. The maximum absolute atomic E-state index is 2.38. The maximum Gasteiger partial charge on any atom is 0.0541 e. The number of anilines is 3. The zero-order valence-corrected chi connectivity index (χ0v) is 36.4. The van der Waals surface area contributed by atoms with E-state index >= 15 is 0 Å². The van der Waals surface area contributed by atoms with Crippen molar-refractivity contribution in [3.63, 3.8) is 0 Å². The van der Waals surface area contributed by atoms with Gasteiger partial charge in [-0.25, -0.2) is 0 Å². The molecule has 1 heterocycles. The topological polar surface area (TPSA) is 8.17 Å². The fourth-order valence-corrected chi connectivity index (χ4v) is 9.34. The average Bonchev–Trinajstić information content (AvgIpc) is 3.69. The molecule has 0 unspecified atom stereocenters. The first-order valence-electron chi connectivity index (χ1n) is 22.2. The number of fused-ring (bicyclic) bond motifs is 4. The van der Waals surface area contributed by atoms with Gasteiger partial charge in [0.15, 0.2) is 0 Å². The number of rotatable bonds is 8. The third-order valence-electron chi connectivity index (χ3n) is 12.8. The van der Waals surface area contributed by atoms with Gasteiger partial charge in [-0.15, -0.1) is 0 Å². The molecule has 0 amide bonds. The Balaban J connectivity index is 0.923. The van der Waals surface area contributed by atoms with Crippen LogP contribution in [0.3, 0.4) is 0 Å². The predicted octanol–water partition coefficient (Wildman–Crippen LogP) is 17.4. The van der Waals surface area contributed by atoms with Gasteiger partial charge in [0.2, 0.25) is 0 Å². The minimum absolute atomic E-state index is 0.136. The van der Waals surface area contributed by atoms with E-state index in [1.54, 1.807) is 0 Å². The Morgan fingerprint density at radius 1 is 0.312 bits per heavy atom. The molecule has 64 heavy (non-hydrogen) atoms. The van der Waals surface area contributed by atoms with Crippen LogP contribution >= 0.6 is 0 Å². The lowest BCUT2D eigenvalue weighted by molar-refractivity contribution is 0.590. The standard InChI is InChI=1S/C62H48N2/c1-62(2,3)51-33-27-46(28-34-51)43-19-21-44(22-20-43)47-29-35-52(36-30-47)63(54-39-41-55(42-40-54)64-60-17-8-6-14-58(60)59-15-7-9-18-61(59)64)53-37-31-48(32-38-53)45-23-25-50(26-24-45)57-16-10-12-49-11-4-5-13-56(49)57/h4-42H,1-3H3. The normalized spacial score (nSPS) is 11.7. The summed E-state index contributed by atoms with van der Waals surface area (Å²) in [6, 6.07) is 86.4. The molecule has 11 rings (SSSR count). The fraction of sp³-hybridized carbons (Fsp3) is 0.0645. The number of hydrogen-bond donors (Lipinski definition) is 0. The fourth-order valence-electron chi connectivity index (χ4n) is 9.34. The molecule has 0 spiro atoms. The van der Waals surface area contributed by atoms with Crippen molar-refractivity contribution in [2.75, 3.05) is 4.90 Å². The van der Waals surface area contributed by atoms with Gasteiger partial charge in [-0.05, 0) is 127 Å². The van der Waals surface area contributed by atoms with Crippen molar-refractivity contribution in [1.29, 1.82) is 0 Å². The molecule has 0 aliphatic heterocycles. The largest absolute Gasteiger partial charge is 0.311 e. The van der Waals surface area contributed by atoms with Crippen LogP contribution in [-0.4, -0.2) is 4.57 Å². The van der Waals surface area contributed by atoms with Gasteiger partial charge in [-0.3, -0.25) is 0 Å². The van der Waals surface area contributed by atoms with Crippen molar-refractivity contribution >= 4 is 49.6 Å². The van der Waals surface area contributed by atoms with Crippen LogP contribution < -0.4 is 4.90 Å². The van der Waals surface area contributed by atoms with E-state index in [0.29, 0.717) is 0 Å². The second kappa shape index (κ2) is 16.1. The Kier molecular flexibility index (Phi) is 9.78. The van der Waals surface area contributed by atoms with E-state index < -0.39 is 0 Å². The van der Waals surface area contributed by atoms with E-state index in [1.807, 2.05) is 0 Å². The number of nitrogens with zero attached hydrogens (tertiary/aromatic N) is 2. The zero-order valence-electron chi connectivity index (χ0n) is 36.4. The monoisotopic (exact) mass is 820 g/mol. The molecule has 0 radical (unpaired) electrons. The number of aromatic nitrogens is 1. The molecule has 2 nitrogen and oxygen atoms in total. The van der Waals surface area contributed by atoms with Gasteiger partial charge in [0.1, 0.15) is 0 Å². The summed E-state index contributed by atoms with van der Waals surface area (Å²) in [5.41, 5.74) is 18.0. The third kappa shape index (κ3) is 7.23. The Morgan fingerprint density at radius 3 is 1.14 bits per heavy atom. The molecular weight excluding hydrogens is 773 g/mol. The van der Waals surface area contributed by atoms with Crippen LogP contribution in [0.25, 0.3) is 82.8 Å². The van der Waals surface area contributed by atoms with Crippen LogP contribution in [0.2, 0.25) is 0 Å². The van der Waals surface area contributed by atoms with Crippen molar-refractivity contribution in [2.24, 2.45) is 0 Å². The highest BCUT2D eigenvalue weighted by atomic mass is 15.1. The van der Waals surface area contributed by atoms with Gasteiger partial charge in [-0.2, -0.15) is 0 Å². The van der Waals surface area contributed by atoms with E-state index in [-0.39, 0.29) is 5.41 Å². The third-order valence-corrected chi connectivity index (χ3v) is 12.8. The van der Waals surface area contributed by atoms with Gasteiger partial charge in [0, 0.05) is 33.5 Å². The van der Waals surface area contributed by atoms with Crippen LogP contribution in [0, 0.1) is 0 Å². The lowest BCUT2D eigenvalue weighted by Crippen LogP contribution is -2.10. The SMILES string of the molecule is CC(C)(C)c1ccc(-c2ccc(-c3ccc(N(c4ccc(-c5ccc(-c6cccc7ccccc67)cc5)cc4)c4ccc(-n5c6ccccc6c6ccccc65)cc4)cc3)cc2)cc1. The molecular formula is C62H48N2. The Bertz CT molecular complexity index is 3350. The van der Waals surface area contributed by atoms with Crippen LogP contribution in [0.5, 0.6) is 0 Å². The van der Waals surface area contributed by atoms with Gasteiger partial charge in [-0.1, -0.05) is 197 Å². The average molecular weight is 821 g/mol. The van der Waals surface area contributed by atoms with Crippen molar-refractivity contribution in [3.8, 4) is 50.2 Å². The van der Waals surface area contributed by atoms with Crippen molar-refractivity contribution in [1.82, 2.24) is 4.57 Å². The van der Waals surface area contributed by atoms with E-state index in [9.17, 15) is 0 Å². The molecule has 0 atom stereocenters. The summed E-state index contributed by atoms with van der Waals surface area (Å²) in [4.78, 5) is 2.36. The number of hydrogen-bond acceptors (Lipinski definition) is 1. The second-order valence-corrected chi connectivity index (χ2v) is 17.8. The Hall–Kier alpha value is -7.94. The number of para-hydroxylation sites is 2. The highest BCUT2D eigenvalue weighted by molar-refractivity contribution is 6.09. The number of benzene rings is 10. The van der Waals surface area contributed by atoms with Crippen LogP contribution in [0.4, 0.5) is 17.1 Å². The lowest BCUT2D eigenvalue weighted by atomic mass is 9.86. The van der Waals surface area contributed by atoms with Crippen molar-refractivity contribution in [2.45, 2.75) is 26.2 Å².